The highest BCUT2D eigenvalue weighted by atomic mass is 16.5. The van der Waals surface area contributed by atoms with E-state index in [0.29, 0.717) is 56.3 Å². The number of methoxy groups -OCH3 is 2. The van der Waals surface area contributed by atoms with Crippen molar-refractivity contribution >= 4 is 16.9 Å². The maximum Gasteiger partial charge on any atom is 0.320 e. The summed E-state index contributed by atoms with van der Waals surface area (Å²) in [7, 11) is 3.19. The number of carbonyl (C=O) groups is 1. The zero-order valence-electron chi connectivity index (χ0n) is 19.7. The van der Waals surface area contributed by atoms with Crippen LogP contribution in [-0.4, -0.2) is 67.9 Å². The third-order valence-electron chi connectivity index (χ3n) is 6.72. The Morgan fingerprint density at radius 1 is 1.00 bits per heavy atom. The van der Waals surface area contributed by atoms with Crippen LogP contribution in [0.2, 0.25) is 0 Å². The molecule has 3 heterocycles. The number of ether oxygens (including phenoxy) is 3. The van der Waals surface area contributed by atoms with E-state index in [9.17, 15) is 9.59 Å². The minimum Gasteiger partial charge on any atom is -0.493 e. The van der Waals surface area contributed by atoms with Gasteiger partial charge in [-0.15, -0.1) is 0 Å². The molecule has 1 saturated heterocycles. The van der Waals surface area contributed by atoms with Crippen molar-refractivity contribution < 1.29 is 19.0 Å². The summed E-state index contributed by atoms with van der Waals surface area (Å²) in [5.74, 6) is 1.20. The number of aromatic amines is 1. The summed E-state index contributed by atoms with van der Waals surface area (Å²) >= 11 is 0. The predicted molar refractivity (Wildman–Crippen MR) is 129 cm³/mol. The summed E-state index contributed by atoms with van der Waals surface area (Å²) in [5, 5.41) is 0.931. The van der Waals surface area contributed by atoms with Crippen molar-refractivity contribution in [1.82, 2.24) is 14.8 Å². The van der Waals surface area contributed by atoms with Gasteiger partial charge in [-0.05, 0) is 60.2 Å². The van der Waals surface area contributed by atoms with E-state index in [2.05, 4.69) is 4.98 Å². The minimum atomic E-state index is -0.549. The van der Waals surface area contributed by atoms with E-state index in [1.807, 2.05) is 53.1 Å². The van der Waals surface area contributed by atoms with Crippen molar-refractivity contribution in [3.63, 3.8) is 0 Å². The van der Waals surface area contributed by atoms with Gasteiger partial charge in [0.1, 0.15) is 0 Å². The number of nitrogens with zero attached hydrogens (tertiary/aromatic N) is 2. The lowest BCUT2D eigenvalue weighted by atomic mass is 9.87. The van der Waals surface area contributed by atoms with E-state index >= 15 is 0 Å². The van der Waals surface area contributed by atoms with Crippen molar-refractivity contribution in [2.45, 2.75) is 19.4 Å². The van der Waals surface area contributed by atoms with E-state index in [1.165, 1.54) is 0 Å². The first kappa shape index (κ1) is 22.3. The van der Waals surface area contributed by atoms with Crippen molar-refractivity contribution in [2.75, 3.05) is 47.1 Å². The van der Waals surface area contributed by atoms with E-state index < -0.39 is 6.04 Å². The van der Waals surface area contributed by atoms with E-state index in [1.54, 1.807) is 14.2 Å². The van der Waals surface area contributed by atoms with Crippen molar-refractivity contribution in [3.8, 4) is 11.5 Å². The van der Waals surface area contributed by atoms with Gasteiger partial charge < -0.3 is 29.0 Å². The number of benzene rings is 2. The summed E-state index contributed by atoms with van der Waals surface area (Å²) < 4.78 is 16.5. The van der Waals surface area contributed by atoms with Gasteiger partial charge in [0.25, 0.3) is 5.56 Å². The Labute approximate surface area is 198 Å². The van der Waals surface area contributed by atoms with E-state index in [0.717, 1.165) is 27.6 Å². The summed E-state index contributed by atoms with van der Waals surface area (Å²) in [4.78, 5) is 33.7. The molecule has 0 saturated carbocycles. The zero-order valence-corrected chi connectivity index (χ0v) is 19.7. The molecule has 0 unspecified atom stereocenters. The number of rotatable bonds is 3. The first-order valence-electron chi connectivity index (χ1n) is 11.5. The summed E-state index contributed by atoms with van der Waals surface area (Å²) in [6.07, 6.45) is 0.660. The van der Waals surface area contributed by atoms with Gasteiger partial charge >= 0.3 is 6.03 Å². The number of morpholine rings is 1. The molecule has 0 aliphatic carbocycles. The van der Waals surface area contributed by atoms with Crippen molar-refractivity contribution in [3.05, 3.63) is 69.0 Å². The third kappa shape index (κ3) is 3.88. The molecule has 1 aromatic heterocycles. The summed E-state index contributed by atoms with van der Waals surface area (Å²) in [5.41, 5.74) is 4.12. The van der Waals surface area contributed by atoms with Crippen LogP contribution in [0.15, 0.2) is 41.2 Å². The number of pyridine rings is 1. The molecule has 8 nitrogen and oxygen atoms in total. The van der Waals surface area contributed by atoms with Crippen molar-refractivity contribution in [1.29, 1.82) is 0 Å². The van der Waals surface area contributed by atoms with Crippen LogP contribution in [0.4, 0.5) is 4.79 Å². The van der Waals surface area contributed by atoms with Gasteiger partial charge in [-0.3, -0.25) is 4.79 Å². The molecule has 0 bridgehead atoms. The molecule has 2 aliphatic rings. The quantitative estimate of drug-likeness (QED) is 0.645. The maximum atomic E-state index is 13.7. The van der Waals surface area contributed by atoms with Gasteiger partial charge in [0.2, 0.25) is 0 Å². The smallest absolute Gasteiger partial charge is 0.320 e. The largest absolute Gasteiger partial charge is 0.493 e. The van der Waals surface area contributed by atoms with Gasteiger partial charge in [-0.2, -0.15) is 0 Å². The van der Waals surface area contributed by atoms with Crippen LogP contribution >= 0.6 is 0 Å². The molecule has 5 rings (SSSR count). The molecule has 1 atom stereocenters. The molecule has 0 radical (unpaired) electrons. The molecular weight excluding hydrogens is 434 g/mol. The number of fused-ring (bicyclic) bond motifs is 2. The SMILES string of the molecule is COc1cc2c(cc1OC)[C@H](c1cc3cc(C)ccc3[nH]c1=O)N(C(=O)N1CCOCC1)CC2. The number of nitrogens with one attached hydrogen (secondary N) is 1. The number of amides is 2. The first-order valence-corrected chi connectivity index (χ1v) is 11.5. The molecule has 0 spiro atoms. The van der Waals surface area contributed by atoms with Crippen LogP contribution < -0.4 is 15.0 Å². The molecular formula is C26H29N3O5. The Morgan fingerprint density at radius 3 is 2.47 bits per heavy atom. The second kappa shape index (κ2) is 9.02. The number of aromatic nitrogens is 1. The molecule has 8 heteroatoms. The number of hydrogen-bond donors (Lipinski definition) is 1. The van der Waals surface area contributed by atoms with Gasteiger partial charge in [-0.25, -0.2) is 4.79 Å². The molecule has 3 aromatic rings. The summed E-state index contributed by atoms with van der Waals surface area (Å²) in [6, 6.07) is 11.1. The number of urea groups is 1. The van der Waals surface area contributed by atoms with E-state index in [-0.39, 0.29) is 11.6 Å². The van der Waals surface area contributed by atoms with Crippen LogP contribution in [0.25, 0.3) is 10.9 Å². The van der Waals surface area contributed by atoms with Gasteiger partial charge in [0.05, 0.1) is 33.5 Å². The standard InChI is InChI=1S/C26H29N3O5/c1-16-4-5-21-18(12-16)13-20(25(30)27-21)24-19-15-23(33-3)22(32-2)14-17(19)6-7-29(24)26(31)28-8-10-34-11-9-28/h4-5,12-15,24H,6-11H2,1-3H3,(H,27,30)/t24-/m1/s1. The van der Waals surface area contributed by atoms with Crippen LogP contribution in [0.1, 0.15) is 28.3 Å². The third-order valence-corrected chi connectivity index (χ3v) is 6.72. The highest BCUT2D eigenvalue weighted by Gasteiger charge is 2.37. The number of aryl methyl sites for hydroxylation is 1. The molecule has 178 valence electrons. The molecule has 34 heavy (non-hydrogen) atoms. The topological polar surface area (TPSA) is 84.1 Å². The van der Waals surface area contributed by atoms with Crippen LogP contribution in [0.3, 0.4) is 0 Å². The zero-order chi connectivity index (χ0) is 23.8. The number of H-pyrrole nitrogens is 1. The van der Waals surface area contributed by atoms with Gasteiger partial charge in [0, 0.05) is 30.7 Å². The van der Waals surface area contributed by atoms with Crippen LogP contribution in [0, 0.1) is 6.92 Å². The monoisotopic (exact) mass is 463 g/mol. The highest BCUT2D eigenvalue weighted by Crippen LogP contribution is 2.41. The first-order chi connectivity index (χ1) is 16.5. The minimum absolute atomic E-state index is 0.0857. The Hall–Kier alpha value is -3.52. The fourth-order valence-corrected chi connectivity index (χ4v) is 4.97. The normalized spacial score (nSPS) is 18.0. The Bertz CT molecular complexity index is 1300. The molecule has 2 aliphatic heterocycles. The van der Waals surface area contributed by atoms with Crippen molar-refractivity contribution in [2.24, 2.45) is 0 Å². The lowest BCUT2D eigenvalue weighted by molar-refractivity contribution is 0.0399. The second-order valence-corrected chi connectivity index (χ2v) is 8.78. The Balaban J connectivity index is 1.69. The molecule has 1 N–H and O–H groups in total. The number of hydrogen-bond acceptors (Lipinski definition) is 5. The lowest BCUT2D eigenvalue weighted by Crippen LogP contribution is -2.52. The lowest BCUT2D eigenvalue weighted by Gasteiger charge is -2.41. The summed E-state index contributed by atoms with van der Waals surface area (Å²) in [6.45, 7) is 4.62. The van der Waals surface area contributed by atoms with Gasteiger partial charge in [0.15, 0.2) is 11.5 Å². The Kier molecular flexibility index (Phi) is 5.91. The molecule has 1 fully saturated rings. The Morgan fingerprint density at radius 2 is 1.74 bits per heavy atom. The average Bonchev–Trinajstić information content (AvgIpc) is 2.87. The molecule has 2 aromatic carbocycles. The highest BCUT2D eigenvalue weighted by molar-refractivity contribution is 5.81. The average molecular weight is 464 g/mol. The second-order valence-electron chi connectivity index (χ2n) is 8.78. The van der Waals surface area contributed by atoms with Gasteiger partial charge in [-0.1, -0.05) is 11.6 Å². The fourth-order valence-electron chi connectivity index (χ4n) is 4.97. The number of carbonyl (C=O) groups excluding carboxylic acids is 1. The fraction of sp³-hybridized carbons (Fsp3) is 0.385. The maximum absolute atomic E-state index is 13.7. The molecule has 2 amide bonds. The van der Waals surface area contributed by atoms with Crippen LogP contribution in [-0.2, 0) is 11.2 Å². The predicted octanol–water partition coefficient (Wildman–Crippen LogP) is 3.25. The van der Waals surface area contributed by atoms with E-state index in [4.69, 9.17) is 14.2 Å². The van der Waals surface area contributed by atoms with Crippen LogP contribution in [0.5, 0.6) is 11.5 Å².